The largest absolute Gasteiger partial charge is 0.493 e. The van der Waals surface area contributed by atoms with Crippen LogP contribution in [0.2, 0.25) is 0 Å². The van der Waals surface area contributed by atoms with Gasteiger partial charge in [-0.05, 0) is 151 Å². The number of hydrogen-bond acceptors (Lipinski definition) is 12. The van der Waals surface area contributed by atoms with E-state index >= 15 is 0 Å². The topological polar surface area (TPSA) is 169 Å². The number of nitrogens with zero attached hydrogens (tertiary/aromatic N) is 3. The lowest BCUT2D eigenvalue weighted by molar-refractivity contribution is -0.119. The first-order chi connectivity index (χ1) is 38.3. The molecule has 0 bridgehead atoms. The average molecular weight is 1100 g/mol. The second-order valence-corrected chi connectivity index (χ2v) is 21.5. The fraction of sp³-hybridized carbons (Fsp3) is 0.397. The molecule has 15 nitrogen and oxygen atoms in total. The molecule has 2 atom stereocenters. The summed E-state index contributed by atoms with van der Waals surface area (Å²) in [5.41, 5.74) is 9.74. The highest BCUT2D eigenvalue weighted by Gasteiger charge is 2.30. The van der Waals surface area contributed by atoms with E-state index < -0.39 is 10.8 Å². The normalized spacial score (nSPS) is 14.7. The van der Waals surface area contributed by atoms with Crippen molar-refractivity contribution in [1.29, 1.82) is 0 Å². The molecule has 1 aliphatic heterocycles. The molecule has 0 saturated carbocycles. The Kier molecular flexibility index (Phi) is 21.7. The Hall–Kier alpha value is -7.43. The fourth-order valence-electron chi connectivity index (χ4n) is 9.99. The van der Waals surface area contributed by atoms with Crippen molar-refractivity contribution in [2.75, 3.05) is 71.6 Å². The van der Waals surface area contributed by atoms with Crippen molar-refractivity contribution in [1.82, 2.24) is 14.9 Å². The van der Waals surface area contributed by atoms with E-state index in [-0.39, 0.29) is 29.0 Å². The van der Waals surface area contributed by atoms with Gasteiger partial charge in [-0.15, -0.1) is 0 Å². The van der Waals surface area contributed by atoms with E-state index in [1.54, 1.807) is 39.9 Å². The van der Waals surface area contributed by atoms with Crippen molar-refractivity contribution in [3.8, 4) is 51.0 Å². The van der Waals surface area contributed by atoms with Crippen LogP contribution in [0, 0.1) is 5.92 Å². The van der Waals surface area contributed by atoms with Crippen molar-refractivity contribution >= 4 is 40.1 Å². The molecule has 2 amide bonds. The van der Waals surface area contributed by atoms with Crippen molar-refractivity contribution in [2.45, 2.75) is 103 Å². The quantitative estimate of drug-likeness (QED) is 0.0618. The van der Waals surface area contributed by atoms with E-state index in [0.717, 1.165) is 113 Å². The Morgan fingerprint density at radius 1 is 0.810 bits per heavy atom. The van der Waals surface area contributed by atoms with Gasteiger partial charge in [-0.1, -0.05) is 58.4 Å². The van der Waals surface area contributed by atoms with Crippen LogP contribution in [0.5, 0.6) is 28.7 Å². The molecule has 6 aromatic rings. The molecule has 0 saturated heterocycles. The summed E-state index contributed by atoms with van der Waals surface area (Å²) in [5.74, 6) is 3.22. The molecular weight excluding hydrogens is 1020 g/mol. The molecular formula is C63H77N5O10S. The van der Waals surface area contributed by atoms with E-state index in [1.165, 1.54) is 20.1 Å². The Bertz CT molecular complexity index is 3140. The van der Waals surface area contributed by atoms with Crippen LogP contribution in [0.15, 0.2) is 119 Å². The van der Waals surface area contributed by atoms with E-state index in [1.807, 2.05) is 48.5 Å². The van der Waals surface area contributed by atoms with Crippen LogP contribution >= 0.6 is 0 Å². The zero-order chi connectivity index (χ0) is 56.4. The van der Waals surface area contributed by atoms with E-state index in [2.05, 4.69) is 89.2 Å². The molecule has 0 radical (unpaired) electrons. The number of rotatable bonds is 22. The minimum absolute atomic E-state index is 0.115. The SMILES string of the molecule is CCCCOCCOc1ccc(-c2ccc3c(c2)/C=C(/C(=O)Nc2ccc([S@@](=O)Cc4cncn4CCC)cc2)CCCN3CC(C)C)cc1.COc1cc2c(c(OC)c1OC)-c1ccc(OC)c(=O)cc1[C@@H](NC(C)=O)CC2. The minimum Gasteiger partial charge on any atom is -0.493 e. The third kappa shape index (κ3) is 15.4. The van der Waals surface area contributed by atoms with Gasteiger partial charge in [-0.3, -0.25) is 18.6 Å². The second kappa shape index (κ2) is 29.0. The second-order valence-electron chi connectivity index (χ2n) is 20.0. The van der Waals surface area contributed by atoms with Gasteiger partial charge in [0.2, 0.25) is 17.1 Å². The number of methoxy groups -OCH3 is 4. The van der Waals surface area contributed by atoms with Crippen LogP contribution < -0.4 is 44.6 Å². The lowest BCUT2D eigenvalue weighted by Gasteiger charge is -2.30. The Labute approximate surface area is 468 Å². The number of hydrogen-bond donors (Lipinski definition) is 2. The number of ether oxygens (including phenoxy) is 6. The number of benzene rings is 4. The van der Waals surface area contributed by atoms with Gasteiger partial charge >= 0.3 is 0 Å². The average Bonchev–Trinajstić information content (AvgIpc) is 3.82. The maximum Gasteiger partial charge on any atom is 0.251 e. The number of fused-ring (bicyclic) bond motifs is 4. The Morgan fingerprint density at radius 2 is 1.56 bits per heavy atom. The third-order valence-corrected chi connectivity index (χ3v) is 15.1. The maximum atomic E-state index is 13.7. The van der Waals surface area contributed by atoms with Crippen LogP contribution in [0.1, 0.15) is 102 Å². The number of unbranched alkanes of at least 4 members (excludes halogenated alkanes) is 1. The minimum atomic E-state index is -1.21. The first kappa shape index (κ1) is 59.2. The molecule has 2 aliphatic rings. The van der Waals surface area contributed by atoms with Crippen LogP contribution in [-0.4, -0.2) is 86.9 Å². The summed E-state index contributed by atoms with van der Waals surface area (Å²) in [6, 6.07) is 28.6. The van der Waals surface area contributed by atoms with Crippen LogP contribution in [-0.2, 0) is 43.8 Å². The predicted octanol–water partition coefficient (Wildman–Crippen LogP) is 11.6. The number of amides is 2. The van der Waals surface area contributed by atoms with Crippen LogP contribution in [0.4, 0.5) is 11.4 Å². The lowest BCUT2D eigenvalue weighted by atomic mass is 9.95. The van der Waals surface area contributed by atoms with Gasteiger partial charge in [0.25, 0.3) is 5.91 Å². The highest BCUT2D eigenvalue weighted by molar-refractivity contribution is 7.84. The number of anilines is 2. The van der Waals surface area contributed by atoms with E-state index in [4.69, 9.17) is 28.4 Å². The molecule has 420 valence electrons. The number of aryl methyl sites for hydroxylation is 2. The highest BCUT2D eigenvalue weighted by Crippen LogP contribution is 2.50. The van der Waals surface area contributed by atoms with Gasteiger partial charge in [0.05, 0.1) is 69.7 Å². The molecule has 2 N–H and O–H groups in total. The molecule has 0 unspecified atom stereocenters. The summed E-state index contributed by atoms with van der Waals surface area (Å²) < 4.78 is 48.7. The molecule has 1 aliphatic carbocycles. The van der Waals surface area contributed by atoms with Crippen LogP contribution in [0.25, 0.3) is 28.3 Å². The summed E-state index contributed by atoms with van der Waals surface area (Å²) in [7, 11) is 4.93. The summed E-state index contributed by atoms with van der Waals surface area (Å²) >= 11 is 0. The zero-order valence-corrected chi connectivity index (χ0v) is 48.1. The summed E-state index contributed by atoms with van der Waals surface area (Å²) in [4.78, 5) is 45.6. The first-order valence-corrected chi connectivity index (χ1v) is 28.6. The molecule has 16 heteroatoms. The first-order valence-electron chi connectivity index (χ1n) is 27.3. The van der Waals surface area contributed by atoms with Gasteiger partial charge in [0, 0.05) is 66.8 Å². The number of carbonyl (C=O) groups is 2. The molecule has 1 aromatic heterocycles. The van der Waals surface area contributed by atoms with Gasteiger partial charge in [-0.2, -0.15) is 0 Å². The number of aromatic nitrogens is 2. The molecule has 8 rings (SSSR count). The van der Waals surface area contributed by atoms with E-state index in [0.29, 0.717) is 72.6 Å². The number of nitrogens with one attached hydrogen (secondary N) is 2. The van der Waals surface area contributed by atoms with Gasteiger partial charge in [0.15, 0.2) is 17.2 Å². The van der Waals surface area contributed by atoms with Gasteiger partial charge < -0.3 is 48.5 Å². The standard InChI is InChI=1S/C41H52N4O4S.C22H25NO6/c1-5-7-22-48-23-24-49-38-15-10-32(11-16-38)33-12-19-40-35(25-33)26-34(9-8-21-44(40)28-31(3)4)41(46)43-36-13-17-39(18-14-36)50(47)29-37-27-42-30-45(37)20-6-2;1-12(24)23-16-8-6-13-10-19(27-3)21(28-4)22(29-5)20(13)14-7-9-18(26-2)17(25)11-15(14)16/h10-19,25-27,30-31H,5-9,20-24,28-29H2,1-4H3,(H,43,46);7,9-11,16H,6,8H2,1-5H3,(H,23,24)/b34-26+;/t50-;16-/m00/s1. The fourth-order valence-corrected chi connectivity index (χ4v) is 11.1. The molecule has 5 aromatic carbocycles. The van der Waals surface area contributed by atoms with Gasteiger partial charge in [0.1, 0.15) is 12.4 Å². The predicted molar refractivity (Wildman–Crippen MR) is 314 cm³/mol. The molecule has 79 heavy (non-hydrogen) atoms. The van der Waals surface area contributed by atoms with Crippen molar-refractivity contribution in [3.05, 3.63) is 142 Å². The molecule has 2 heterocycles. The Morgan fingerprint density at radius 3 is 2.24 bits per heavy atom. The number of carbonyl (C=O) groups excluding carboxylic acids is 2. The molecule has 0 spiro atoms. The summed E-state index contributed by atoms with van der Waals surface area (Å²) in [6.07, 6.45) is 11.6. The van der Waals surface area contributed by atoms with Crippen molar-refractivity contribution < 1.29 is 42.2 Å². The zero-order valence-electron chi connectivity index (χ0n) is 47.3. The summed E-state index contributed by atoms with van der Waals surface area (Å²) in [5, 5.41) is 6.06. The van der Waals surface area contributed by atoms with E-state index in [9.17, 15) is 18.6 Å². The molecule has 0 fully saturated rings. The van der Waals surface area contributed by atoms with Gasteiger partial charge in [-0.25, -0.2) is 4.98 Å². The lowest BCUT2D eigenvalue weighted by Crippen LogP contribution is -2.30. The van der Waals surface area contributed by atoms with Crippen molar-refractivity contribution in [3.63, 3.8) is 0 Å². The monoisotopic (exact) mass is 1100 g/mol. The highest BCUT2D eigenvalue weighted by atomic mass is 32.2. The van der Waals surface area contributed by atoms with Crippen LogP contribution in [0.3, 0.4) is 0 Å². The smallest absolute Gasteiger partial charge is 0.251 e. The summed E-state index contributed by atoms with van der Waals surface area (Å²) in [6.45, 7) is 14.8. The maximum absolute atomic E-state index is 13.7. The number of imidazole rings is 1. The third-order valence-electron chi connectivity index (χ3n) is 13.8. The Balaban J connectivity index is 0.000000264. The van der Waals surface area contributed by atoms with Crippen molar-refractivity contribution in [2.24, 2.45) is 5.92 Å².